The third-order valence-electron chi connectivity index (χ3n) is 11.7. The molecule has 10 aromatic carbocycles. The Balaban J connectivity index is 0.945. The average Bonchev–Trinajstić information content (AvgIpc) is 3.58. The number of nitrogens with zero attached hydrogens (tertiary/aromatic N) is 2. The van der Waals surface area contributed by atoms with Crippen LogP contribution in [0.3, 0.4) is 0 Å². The van der Waals surface area contributed by atoms with Crippen LogP contribution in [0, 0.1) is 6.92 Å². The summed E-state index contributed by atoms with van der Waals surface area (Å²) in [5, 5.41) is 12.7. The maximum Gasteiger partial charge on any atom is 0.140 e. The summed E-state index contributed by atoms with van der Waals surface area (Å²) in [6, 6.07) is 66.9. The lowest BCUT2D eigenvalue weighted by Crippen LogP contribution is -1.92. The first-order valence-corrected chi connectivity index (χ1v) is 19.0. The number of rotatable bonds is 4. The quantitative estimate of drug-likeness (QED) is 0.167. The molecule has 0 unspecified atom stereocenters. The zero-order chi connectivity index (χ0) is 36.6. The first-order valence-electron chi connectivity index (χ1n) is 19.0. The van der Waals surface area contributed by atoms with Crippen LogP contribution >= 0.6 is 0 Å². The fourth-order valence-electron chi connectivity index (χ4n) is 8.91. The molecule has 0 saturated carbocycles. The molecule has 11 rings (SSSR count). The number of aryl methyl sites for hydroxylation is 2. The van der Waals surface area contributed by atoms with Crippen molar-refractivity contribution in [3.05, 3.63) is 188 Å². The smallest absolute Gasteiger partial charge is 0.140 e. The minimum absolute atomic E-state index is 0.985. The molecular weight excluding hydrogens is 665 g/mol. The number of imidazole rings is 1. The van der Waals surface area contributed by atoms with E-state index in [1.54, 1.807) is 0 Å². The van der Waals surface area contributed by atoms with Crippen LogP contribution in [0.4, 0.5) is 0 Å². The second-order valence-corrected chi connectivity index (χ2v) is 14.9. The number of aromatic nitrogens is 2. The van der Waals surface area contributed by atoms with Gasteiger partial charge in [0.15, 0.2) is 0 Å². The second-order valence-electron chi connectivity index (χ2n) is 14.9. The van der Waals surface area contributed by atoms with Crippen molar-refractivity contribution in [2.24, 2.45) is 7.05 Å². The average molecular weight is 701 g/mol. The van der Waals surface area contributed by atoms with Crippen LogP contribution in [0.1, 0.15) is 5.56 Å². The molecule has 0 amide bonds. The molecule has 0 saturated heterocycles. The Hall–Kier alpha value is -7.03. The van der Waals surface area contributed by atoms with Gasteiger partial charge in [0, 0.05) is 12.6 Å². The molecule has 0 atom stereocenters. The van der Waals surface area contributed by atoms with E-state index in [1.165, 1.54) is 92.8 Å². The van der Waals surface area contributed by atoms with Gasteiger partial charge in [0.05, 0.1) is 11.0 Å². The Labute approximate surface area is 319 Å². The van der Waals surface area contributed by atoms with Gasteiger partial charge in [-0.25, -0.2) is 4.98 Å². The molecule has 2 nitrogen and oxygen atoms in total. The Bertz CT molecular complexity index is 3330. The predicted octanol–water partition coefficient (Wildman–Crippen LogP) is 14.3. The summed E-state index contributed by atoms with van der Waals surface area (Å²) in [6.45, 7) is 2.23. The number of benzene rings is 10. The van der Waals surface area contributed by atoms with Crippen molar-refractivity contribution in [2.75, 3.05) is 0 Å². The molecule has 0 spiro atoms. The van der Waals surface area contributed by atoms with Gasteiger partial charge >= 0.3 is 0 Å². The van der Waals surface area contributed by atoms with E-state index < -0.39 is 0 Å². The van der Waals surface area contributed by atoms with Gasteiger partial charge in [-0.3, -0.25) is 0 Å². The highest BCUT2D eigenvalue weighted by Gasteiger charge is 2.15. The van der Waals surface area contributed by atoms with Crippen molar-refractivity contribution in [1.82, 2.24) is 9.55 Å². The van der Waals surface area contributed by atoms with Crippen LogP contribution in [0.5, 0.6) is 0 Å². The summed E-state index contributed by atoms with van der Waals surface area (Å²) in [5.41, 5.74) is 12.0. The number of hydrogen-bond donors (Lipinski definition) is 0. The zero-order valence-corrected chi connectivity index (χ0v) is 30.7. The number of fused-ring (bicyclic) bond motifs is 8. The molecule has 0 aliphatic heterocycles. The van der Waals surface area contributed by atoms with Gasteiger partial charge in [-0.2, -0.15) is 0 Å². The van der Waals surface area contributed by atoms with E-state index in [0.29, 0.717) is 0 Å². The van der Waals surface area contributed by atoms with E-state index in [-0.39, 0.29) is 0 Å². The van der Waals surface area contributed by atoms with Crippen molar-refractivity contribution in [2.45, 2.75) is 6.92 Å². The van der Waals surface area contributed by atoms with Crippen molar-refractivity contribution in [1.29, 1.82) is 0 Å². The van der Waals surface area contributed by atoms with Crippen LogP contribution in [0.2, 0.25) is 0 Å². The highest BCUT2D eigenvalue weighted by atomic mass is 15.1. The van der Waals surface area contributed by atoms with Crippen LogP contribution in [-0.4, -0.2) is 9.55 Å². The molecule has 0 radical (unpaired) electrons. The molecule has 1 heterocycles. The molecule has 0 bridgehead atoms. The van der Waals surface area contributed by atoms with Gasteiger partial charge in [-0.05, 0) is 130 Å². The summed E-state index contributed by atoms with van der Waals surface area (Å²) < 4.78 is 2.18. The fraction of sp³-hybridized carbons (Fsp3) is 0.0377. The van der Waals surface area contributed by atoms with E-state index in [4.69, 9.17) is 4.98 Å². The van der Waals surface area contributed by atoms with Gasteiger partial charge in [0.25, 0.3) is 0 Å². The standard InChI is InChI=1S/C53H36N2/c1-33-8-5-9-36-20-21-38-11-7-13-47(52(38)50(33)36)46-12-6-10-37-22-26-43-31-40(28-29-45(43)51(37)46)35-18-16-34(17-19-35)39-23-24-42-32-44(27-25-41(42)30-39)53-54-48-14-3-4-15-49(48)55(53)2/h3-32H,1-2H3. The van der Waals surface area contributed by atoms with Crippen LogP contribution in [0.25, 0.3) is 110 Å². The molecule has 0 aliphatic rings. The molecule has 0 aliphatic carbocycles. The molecule has 258 valence electrons. The summed E-state index contributed by atoms with van der Waals surface area (Å²) in [7, 11) is 2.09. The molecule has 0 N–H and O–H groups in total. The van der Waals surface area contributed by atoms with Gasteiger partial charge in [-0.1, -0.05) is 152 Å². The largest absolute Gasteiger partial charge is 0.327 e. The fourth-order valence-corrected chi connectivity index (χ4v) is 8.91. The zero-order valence-electron chi connectivity index (χ0n) is 30.7. The lowest BCUT2D eigenvalue weighted by atomic mass is 9.88. The molecule has 55 heavy (non-hydrogen) atoms. The monoisotopic (exact) mass is 700 g/mol. The molecule has 1 aromatic heterocycles. The third-order valence-corrected chi connectivity index (χ3v) is 11.7. The molecule has 11 aromatic rings. The Morgan fingerprint density at radius 1 is 0.382 bits per heavy atom. The van der Waals surface area contributed by atoms with Crippen LogP contribution < -0.4 is 0 Å². The summed E-state index contributed by atoms with van der Waals surface area (Å²) in [5.74, 6) is 0.985. The first kappa shape index (κ1) is 31.5. The van der Waals surface area contributed by atoms with Gasteiger partial charge in [0.2, 0.25) is 0 Å². The van der Waals surface area contributed by atoms with E-state index in [9.17, 15) is 0 Å². The lowest BCUT2D eigenvalue weighted by Gasteiger charge is -2.16. The highest BCUT2D eigenvalue weighted by Crippen LogP contribution is 2.42. The van der Waals surface area contributed by atoms with Crippen LogP contribution in [0.15, 0.2) is 182 Å². The maximum absolute atomic E-state index is 4.92. The van der Waals surface area contributed by atoms with Gasteiger partial charge in [0.1, 0.15) is 5.82 Å². The van der Waals surface area contributed by atoms with E-state index in [2.05, 4.69) is 194 Å². The van der Waals surface area contributed by atoms with E-state index >= 15 is 0 Å². The lowest BCUT2D eigenvalue weighted by molar-refractivity contribution is 0.960. The normalized spacial score (nSPS) is 11.8. The topological polar surface area (TPSA) is 17.8 Å². The van der Waals surface area contributed by atoms with Crippen molar-refractivity contribution in [3.63, 3.8) is 0 Å². The van der Waals surface area contributed by atoms with Gasteiger partial charge in [-0.15, -0.1) is 0 Å². The Morgan fingerprint density at radius 3 is 1.60 bits per heavy atom. The Morgan fingerprint density at radius 2 is 0.891 bits per heavy atom. The van der Waals surface area contributed by atoms with Crippen molar-refractivity contribution < 1.29 is 0 Å². The number of para-hydroxylation sites is 2. The molecular formula is C53H36N2. The molecule has 0 fully saturated rings. The van der Waals surface area contributed by atoms with Crippen LogP contribution in [-0.2, 0) is 7.05 Å². The highest BCUT2D eigenvalue weighted by molar-refractivity contribution is 6.21. The maximum atomic E-state index is 4.92. The van der Waals surface area contributed by atoms with Gasteiger partial charge < -0.3 is 4.57 Å². The third kappa shape index (κ3) is 5.06. The summed E-state index contributed by atoms with van der Waals surface area (Å²) in [6.07, 6.45) is 0. The molecule has 2 heteroatoms. The van der Waals surface area contributed by atoms with E-state index in [0.717, 1.165) is 22.4 Å². The Kier molecular flexibility index (Phi) is 7.02. The summed E-state index contributed by atoms with van der Waals surface area (Å²) >= 11 is 0. The first-order chi connectivity index (χ1) is 27.1. The second kappa shape index (κ2) is 12.3. The predicted molar refractivity (Wildman–Crippen MR) is 235 cm³/mol. The van der Waals surface area contributed by atoms with Crippen molar-refractivity contribution >= 4 is 64.9 Å². The van der Waals surface area contributed by atoms with E-state index in [1.807, 2.05) is 6.07 Å². The van der Waals surface area contributed by atoms with Crippen molar-refractivity contribution in [3.8, 4) is 44.8 Å². The number of hydrogen-bond acceptors (Lipinski definition) is 1. The minimum Gasteiger partial charge on any atom is -0.327 e. The minimum atomic E-state index is 0.985. The summed E-state index contributed by atoms with van der Waals surface area (Å²) in [4.78, 5) is 4.92. The SMILES string of the molecule is Cc1cccc2ccc3cccc(-c4cccc5ccc6cc(-c7ccc(-c8ccc9cc(-c%10nc%11ccccc%11n%10C)ccc9c8)cc7)ccc6c45)c3c12.